The summed E-state index contributed by atoms with van der Waals surface area (Å²) in [5.41, 5.74) is 17.2. The van der Waals surface area contributed by atoms with Gasteiger partial charge in [-0.3, -0.25) is 34.1 Å². The van der Waals surface area contributed by atoms with E-state index >= 15 is 0 Å². The molecule has 6 rings (SSSR count). The van der Waals surface area contributed by atoms with Crippen LogP contribution in [0, 0.1) is 0 Å². The van der Waals surface area contributed by atoms with Gasteiger partial charge in [0.1, 0.15) is 9.81 Å². The topological polar surface area (TPSA) is 298 Å². The van der Waals surface area contributed by atoms with Crippen LogP contribution in [0.1, 0.15) is 31.8 Å². The van der Waals surface area contributed by atoms with Gasteiger partial charge in [0.25, 0.3) is 30.4 Å². The molecule has 0 spiro atoms. The average Bonchev–Trinajstić information content (AvgIpc) is 3.06. The Morgan fingerprint density at radius 1 is 0.558 bits per heavy atom. The Morgan fingerprint density at radius 3 is 1.52 bits per heavy atom. The van der Waals surface area contributed by atoms with Crippen LogP contribution in [0.25, 0.3) is 23.3 Å². The second kappa shape index (κ2) is 12.9. The molecule has 0 radical (unpaired) electrons. The van der Waals surface area contributed by atoms with Gasteiger partial charge < -0.3 is 11.5 Å². The molecule has 0 aliphatic heterocycles. The lowest BCUT2D eigenvalue weighted by atomic mass is 9.93. The number of benzene rings is 4. The first-order chi connectivity index (χ1) is 24.3. The molecule has 2 aliphatic carbocycles. The molecule has 20 heteroatoms. The maximum atomic E-state index is 13.3. The fraction of sp³-hybridized carbons (Fsp3) is 0. The number of hydrazone groups is 2. The van der Waals surface area contributed by atoms with Gasteiger partial charge in [0.15, 0.2) is 11.4 Å². The number of nitrogen functional groups attached to an aromatic ring is 2. The van der Waals surface area contributed by atoms with Gasteiger partial charge in [-0.05, 0) is 82.9 Å². The van der Waals surface area contributed by atoms with Crippen LogP contribution >= 0.6 is 0 Å². The fourth-order valence-corrected chi connectivity index (χ4v) is 7.16. The number of hydrogen-bond donors (Lipinski definition) is 7. The van der Waals surface area contributed by atoms with Crippen LogP contribution in [0.2, 0.25) is 0 Å². The Kier molecular flexibility index (Phi) is 8.90. The largest absolute Gasteiger partial charge is 0.399 e. The number of hydrogen-bond acceptors (Lipinski definition) is 14. The summed E-state index contributed by atoms with van der Waals surface area (Å²) in [7, 11) is -14.6. The zero-order valence-corrected chi connectivity index (χ0v) is 28.5. The summed E-state index contributed by atoms with van der Waals surface area (Å²) in [6.45, 7) is 0. The van der Waals surface area contributed by atoms with Crippen molar-refractivity contribution in [2.45, 2.75) is 4.90 Å². The Balaban J connectivity index is 1.21. The Bertz CT molecular complexity index is 2690. The number of nitrogens with zero attached hydrogens (tertiary/aromatic N) is 2. The van der Waals surface area contributed by atoms with Crippen molar-refractivity contribution in [1.29, 1.82) is 0 Å². The van der Waals surface area contributed by atoms with E-state index in [0.717, 1.165) is 24.3 Å². The number of Topliss-reactive ketones (excluding diaryl/α,β-unsaturated/α-hetero) is 2. The summed E-state index contributed by atoms with van der Waals surface area (Å²) in [5, 5.41) is 7.85. The van der Waals surface area contributed by atoms with E-state index < -0.39 is 68.0 Å². The third-order valence-electron chi connectivity index (χ3n) is 7.74. The molecule has 17 nitrogen and oxygen atoms in total. The molecular weight excluding hydrogens is 741 g/mol. The molecule has 52 heavy (non-hydrogen) atoms. The number of rotatable bonds is 8. The highest BCUT2D eigenvalue weighted by atomic mass is 32.2. The molecule has 0 aromatic heterocycles. The molecule has 0 fully saturated rings. The van der Waals surface area contributed by atoms with Crippen molar-refractivity contribution in [3.63, 3.8) is 0 Å². The first kappa shape index (κ1) is 35.8. The van der Waals surface area contributed by atoms with Gasteiger partial charge in [-0.2, -0.15) is 35.5 Å². The van der Waals surface area contributed by atoms with Crippen LogP contribution in [0.3, 0.4) is 0 Å². The number of nitrogens with two attached hydrogens (primary N) is 2. The second-order valence-corrected chi connectivity index (χ2v) is 15.4. The molecule has 9 N–H and O–H groups in total. The van der Waals surface area contributed by atoms with Gasteiger partial charge in [0.05, 0.1) is 21.8 Å². The molecule has 4 aromatic carbocycles. The van der Waals surface area contributed by atoms with Gasteiger partial charge in [-0.25, -0.2) is 0 Å². The van der Waals surface area contributed by atoms with Crippen LogP contribution < -0.4 is 22.3 Å². The van der Waals surface area contributed by atoms with Gasteiger partial charge in [-0.15, -0.1) is 0 Å². The number of carbonyl (C=O) groups excluding carboxylic acids is 2. The lowest BCUT2D eigenvalue weighted by Crippen LogP contribution is -2.28. The van der Waals surface area contributed by atoms with E-state index in [2.05, 4.69) is 21.1 Å². The van der Waals surface area contributed by atoms with Gasteiger partial charge in [0, 0.05) is 16.9 Å². The Labute approximate surface area is 295 Å². The fourth-order valence-electron chi connectivity index (χ4n) is 5.29. The van der Waals surface area contributed by atoms with Crippen molar-refractivity contribution in [3.8, 4) is 11.1 Å². The van der Waals surface area contributed by atoms with Crippen molar-refractivity contribution in [3.05, 3.63) is 111 Å². The monoisotopic (exact) mass is 764 g/mol. The summed E-state index contributed by atoms with van der Waals surface area (Å²) in [4.78, 5) is 24.0. The molecule has 4 aromatic rings. The normalized spacial score (nSPS) is 16.2. The van der Waals surface area contributed by atoms with E-state index in [9.17, 15) is 48.5 Å². The van der Waals surface area contributed by atoms with Crippen molar-refractivity contribution in [2.75, 3.05) is 22.3 Å². The van der Waals surface area contributed by atoms with Gasteiger partial charge in [0.2, 0.25) is 11.6 Å². The Hall–Kier alpha value is -6.03. The van der Waals surface area contributed by atoms with Crippen LogP contribution in [-0.4, -0.2) is 61.9 Å². The summed E-state index contributed by atoms with van der Waals surface area (Å²) >= 11 is 0. The lowest BCUT2D eigenvalue weighted by Gasteiger charge is -2.18. The zero-order chi connectivity index (χ0) is 37.7. The molecule has 0 saturated carbocycles. The summed E-state index contributed by atoms with van der Waals surface area (Å²) in [6.07, 6.45) is 1.92. The molecule has 0 heterocycles. The smallest absolute Gasteiger partial charge is 0.296 e. The average molecular weight is 765 g/mol. The number of carbonyl (C=O) groups is 2. The van der Waals surface area contributed by atoms with Crippen LogP contribution in [0.5, 0.6) is 0 Å². The number of nitrogens with one attached hydrogen (secondary N) is 2. The minimum Gasteiger partial charge on any atom is -0.399 e. The second-order valence-electron chi connectivity index (χ2n) is 11.2. The maximum Gasteiger partial charge on any atom is 0.296 e. The summed E-state index contributed by atoms with van der Waals surface area (Å²) < 4.78 is 101. The summed E-state index contributed by atoms with van der Waals surface area (Å²) in [6, 6.07) is 18.9. The minimum absolute atomic E-state index is 0.111. The van der Waals surface area contributed by atoms with Crippen molar-refractivity contribution >= 4 is 88.2 Å². The quantitative estimate of drug-likeness (QED) is 0.0767. The van der Waals surface area contributed by atoms with Crippen LogP contribution in [0.4, 0.5) is 22.7 Å². The van der Waals surface area contributed by atoms with E-state index in [4.69, 9.17) is 11.5 Å². The molecule has 266 valence electrons. The minimum atomic E-state index is -5.06. The highest BCUT2D eigenvalue weighted by Crippen LogP contribution is 2.33. The van der Waals surface area contributed by atoms with Crippen molar-refractivity contribution in [2.24, 2.45) is 10.2 Å². The number of allylic oxidation sites excluding steroid dienone is 2. The van der Waals surface area contributed by atoms with Crippen LogP contribution in [0.15, 0.2) is 104 Å². The highest BCUT2D eigenvalue weighted by Gasteiger charge is 2.35. The summed E-state index contributed by atoms with van der Waals surface area (Å²) in [5.74, 6) is -1.80. The zero-order valence-electron chi connectivity index (χ0n) is 26.0. The highest BCUT2D eigenvalue weighted by molar-refractivity contribution is 7.91. The lowest BCUT2D eigenvalue weighted by molar-refractivity contribution is 0.105. The molecule has 0 unspecified atom stereocenters. The SMILES string of the molecule is Nc1ccc2c(c1)C(=O)/C(=N\Nc1ccc(-c3ccc(N/N=C4/C(=O)c5c(N)cc(S(=O)(=O)O)cc5C=C4S(=O)(=O)O)cc3)cc1)C(S(=O)(=O)O)=C2. The van der Waals surface area contributed by atoms with Crippen LogP contribution in [-0.2, 0) is 30.4 Å². The van der Waals surface area contributed by atoms with Gasteiger partial charge >= 0.3 is 0 Å². The van der Waals surface area contributed by atoms with Crippen molar-refractivity contribution in [1.82, 2.24) is 0 Å². The molecular formula is C32H24N6O11S3. The number of fused-ring (bicyclic) bond motifs is 2. The van der Waals surface area contributed by atoms with E-state index in [1.54, 1.807) is 48.5 Å². The predicted molar refractivity (Wildman–Crippen MR) is 193 cm³/mol. The first-order valence-corrected chi connectivity index (χ1v) is 18.8. The number of ketones is 2. The first-order valence-electron chi connectivity index (χ1n) is 14.5. The number of anilines is 4. The maximum absolute atomic E-state index is 13.3. The predicted octanol–water partition coefficient (Wildman–Crippen LogP) is 3.55. The third kappa shape index (κ3) is 7.10. The molecule has 0 saturated heterocycles. The molecule has 0 bridgehead atoms. The van der Waals surface area contributed by atoms with E-state index in [1.165, 1.54) is 18.2 Å². The van der Waals surface area contributed by atoms with E-state index in [-0.39, 0.29) is 39.3 Å². The van der Waals surface area contributed by atoms with Crippen molar-refractivity contribution < 1.29 is 48.5 Å². The van der Waals surface area contributed by atoms with E-state index in [0.29, 0.717) is 16.8 Å². The van der Waals surface area contributed by atoms with E-state index in [1.807, 2.05) is 0 Å². The molecule has 0 amide bonds. The van der Waals surface area contributed by atoms with Gasteiger partial charge in [-0.1, -0.05) is 30.3 Å². The Morgan fingerprint density at radius 2 is 1.04 bits per heavy atom. The third-order valence-corrected chi connectivity index (χ3v) is 10.3. The standard InChI is InChI=1S/C32H24N6O11S3/c33-20-6-1-18-12-26(51(44,45)46)29(31(39)24(18)14-20)37-35-21-7-2-16(3-8-21)17-4-9-22(10-5-17)36-38-30-27(52(47,48)49)13-19-11-23(50(41,42)43)15-25(34)28(19)32(30)40/h1-15,35-36H,33-34H2,(H,41,42,43)(H,44,45,46)(H,47,48,49)/b37-29-,38-30+. The molecule has 2 aliphatic rings. The molecule has 0 atom stereocenters.